The molecule has 1 aromatic carbocycles. The lowest BCUT2D eigenvalue weighted by Crippen LogP contribution is -2.17. The molecule has 0 saturated heterocycles. The maximum absolute atomic E-state index is 11.7. The van der Waals surface area contributed by atoms with E-state index in [0.717, 1.165) is 31.2 Å². The predicted molar refractivity (Wildman–Crippen MR) is 62.9 cm³/mol. The Hall–Kier alpha value is -1.35. The lowest BCUT2D eigenvalue weighted by Gasteiger charge is -2.20. The van der Waals surface area contributed by atoms with Crippen molar-refractivity contribution in [3.05, 3.63) is 28.3 Å². The molecule has 0 bridgehead atoms. The van der Waals surface area contributed by atoms with Crippen molar-refractivity contribution >= 4 is 5.78 Å². The highest BCUT2D eigenvalue weighted by Gasteiger charge is 2.20. The number of carbonyl (C=O) groups is 1. The van der Waals surface area contributed by atoms with Gasteiger partial charge in [0.15, 0.2) is 5.78 Å². The van der Waals surface area contributed by atoms with Gasteiger partial charge in [0.25, 0.3) is 0 Å². The van der Waals surface area contributed by atoms with Crippen LogP contribution in [0, 0.1) is 6.92 Å². The minimum absolute atomic E-state index is 0.0484. The largest absolute Gasteiger partial charge is 0.507 e. The number of fused-ring (bicyclic) bond motifs is 1. The van der Waals surface area contributed by atoms with Gasteiger partial charge in [-0.3, -0.25) is 4.79 Å². The van der Waals surface area contributed by atoms with Crippen LogP contribution in [0.15, 0.2) is 6.07 Å². The van der Waals surface area contributed by atoms with Crippen LogP contribution in [0.5, 0.6) is 5.75 Å². The lowest BCUT2D eigenvalue weighted by molar-refractivity contribution is 0.0998. The van der Waals surface area contributed by atoms with Crippen LogP contribution in [0.25, 0.3) is 0 Å². The second kappa shape index (κ2) is 4.26. The van der Waals surface area contributed by atoms with Gasteiger partial charge in [0.1, 0.15) is 5.75 Å². The van der Waals surface area contributed by atoms with Crippen molar-refractivity contribution in [1.82, 2.24) is 0 Å². The van der Waals surface area contributed by atoms with E-state index in [1.165, 1.54) is 11.1 Å². The second-order valence-corrected chi connectivity index (χ2v) is 4.37. The molecule has 0 saturated carbocycles. The standard InChI is InChI=1S/C13H17NO2/c1-8-10-5-3-2-4-9(10)6-11(15)13(8)12(16)7-14/h6,15H,2-5,7,14H2,1H3. The van der Waals surface area contributed by atoms with E-state index in [1.54, 1.807) is 6.07 Å². The summed E-state index contributed by atoms with van der Waals surface area (Å²) in [5, 5.41) is 9.87. The molecule has 0 aliphatic heterocycles. The fourth-order valence-corrected chi connectivity index (χ4v) is 2.55. The Bertz CT molecular complexity index is 438. The molecule has 0 spiro atoms. The van der Waals surface area contributed by atoms with Crippen molar-refractivity contribution in [2.75, 3.05) is 6.54 Å². The quantitative estimate of drug-likeness (QED) is 0.744. The van der Waals surface area contributed by atoms with Crippen LogP contribution in [0.2, 0.25) is 0 Å². The molecular weight excluding hydrogens is 202 g/mol. The summed E-state index contributed by atoms with van der Waals surface area (Å²) in [4.78, 5) is 11.7. The smallest absolute Gasteiger partial charge is 0.180 e. The molecule has 2 rings (SSSR count). The highest BCUT2D eigenvalue weighted by atomic mass is 16.3. The van der Waals surface area contributed by atoms with E-state index in [1.807, 2.05) is 6.92 Å². The number of nitrogens with two attached hydrogens (primary N) is 1. The summed E-state index contributed by atoms with van der Waals surface area (Å²) in [6.45, 7) is 1.86. The Kier molecular flexibility index (Phi) is 2.97. The minimum Gasteiger partial charge on any atom is -0.507 e. The average Bonchev–Trinajstić information content (AvgIpc) is 2.28. The van der Waals surface area contributed by atoms with Crippen LogP contribution in [-0.2, 0) is 12.8 Å². The number of benzene rings is 1. The van der Waals surface area contributed by atoms with Crippen LogP contribution in [0.4, 0.5) is 0 Å². The molecule has 0 aromatic heterocycles. The highest BCUT2D eigenvalue weighted by molar-refractivity contribution is 6.01. The SMILES string of the molecule is Cc1c2c(cc(O)c1C(=O)CN)CCCC2. The molecule has 1 aromatic rings. The number of rotatable bonds is 2. The molecule has 1 aliphatic rings. The number of phenols is 1. The Morgan fingerprint density at radius 2 is 2.12 bits per heavy atom. The maximum Gasteiger partial charge on any atom is 0.180 e. The molecule has 0 heterocycles. The Morgan fingerprint density at radius 3 is 2.81 bits per heavy atom. The van der Waals surface area contributed by atoms with Gasteiger partial charge in [-0.2, -0.15) is 0 Å². The Balaban J connectivity index is 2.58. The molecule has 1 aliphatic carbocycles. The molecule has 0 fully saturated rings. The van der Waals surface area contributed by atoms with Gasteiger partial charge >= 0.3 is 0 Å². The summed E-state index contributed by atoms with van der Waals surface area (Å²) in [5.74, 6) is -0.0861. The number of ketones is 1. The molecule has 0 radical (unpaired) electrons. The number of hydrogen-bond acceptors (Lipinski definition) is 3. The molecule has 3 N–H and O–H groups in total. The molecule has 3 heteroatoms. The first kappa shape index (κ1) is 11.1. The average molecular weight is 219 g/mol. The van der Waals surface area contributed by atoms with E-state index in [9.17, 15) is 9.90 Å². The van der Waals surface area contributed by atoms with Gasteiger partial charge in [-0.05, 0) is 55.4 Å². The van der Waals surface area contributed by atoms with Crippen molar-refractivity contribution in [1.29, 1.82) is 0 Å². The summed E-state index contributed by atoms with van der Waals surface area (Å²) in [5.41, 5.74) is 9.12. The topological polar surface area (TPSA) is 63.3 Å². The van der Waals surface area contributed by atoms with Gasteiger partial charge in [-0.15, -0.1) is 0 Å². The maximum atomic E-state index is 11.7. The van der Waals surface area contributed by atoms with Gasteiger partial charge < -0.3 is 10.8 Å². The molecular formula is C13H17NO2. The fraction of sp³-hybridized carbons (Fsp3) is 0.462. The Morgan fingerprint density at radius 1 is 1.44 bits per heavy atom. The van der Waals surface area contributed by atoms with Crippen LogP contribution in [-0.4, -0.2) is 17.4 Å². The summed E-state index contributed by atoms with van der Waals surface area (Å²) in [6, 6.07) is 1.74. The number of hydrogen-bond donors (Lipinski definition) is 2. The third-order valence-corrected chi connectivity index (χ3v) is 3.37. The van der Waals surface area contributed by atoms with Gasteiger partial charge in [0, 0.05) is 0 Å². The normalized spacial score (nSPS) is 14.6. The summed E-state index contributed by atoms with van der Waals surface area (Å²) < 4.78 is 0. The third-order valence-electron chi connectivity index (χ3n) is 3.37. The monoisotopic (exact) mass is 219 g/mol. The summed E-state index contributed by atoms with van der Waals surface area (Å²) >= 11 is 0. The fourth-order valence-electron chi connectivity index (χ4n) is 2.55. The molecule has 16 heavy (non-hydrogen) atoms. The Labute approximate surface area is 95.3 Å². The van der Waals surface area contributed by atoms with Gasteiger partial charge in [-0.1, -0.05) is 0 Å². The second-order valence-electron chi connectivity index (χ2n) is 4.37. The van der Waals surface area contributed by atoms with Crippen LogP contribution >= 0.6 is 0 Å². The van der Waals surface area contributed by atoms with E-state index >= 15 is 0 Å². The number of Topliss-reactive ketones (excluding diaryl/α,β-unsaturated/α-hetero) is 1. The van der Waals surface area contributed by atoms with Crippen LogP contribution < -0.4 is 5.73 Å². The summed E-state index contributed by atoms with van der Waals surface area (Å²) in [6.07, 6.45) is 4.33. The number of phenolic OH excluding ortho intramolecular Hbond substituents is 1. The molecule has 0 amide bonds. The first-order chi connectivity index (χ1) is 7.65. The minimum atomic E-state index is -0.177. The highest BCUT2D eigenvalue weighted by Crippen LogP contribution is 2.32. The number of aromatic hydroxyl groups is 1. The zero-order chi connectivity index (χ0) is 11.7. The van der Waals surface area contributed by atoms with Crippen LogP contribution in [0.3, 0.4) is 0 Å². The molecule has 0 unspecified atom stereocenters. The van der Waals surface area contributed by atoms with Crippen LogP contribution in [0.1, 0.15) is 39.9 Å². The lowest BCUT2D eigenvalue weighted by atomic mass is 9.85. The van der Waals surface area contributed by atoms with Gasteiger partial charge in [0.05, 0.1) is 12.1 Å². The molecule has 0 atom stereocenters. The molecule has 86 valence electrons. The zero-order valence-corrected chi connectivity index (χ0v) is 9.55. The van der Waals surface area contributed by atoms with Gasteiger partial charge in [-0.25, -0.2) is 0 Å². The molecule has 3 nitrogen and oxygen atoms in total. The first-order valence-corrected chi connectivity index (χ1v) is 5.72. The number of aryl methyl sites for hydroxylation is 1. The van der Waals surface area contributed by atoms with Gasteiger partial charge in [0.2, 0.25) is 0 Å². The van der Waals surface area contributed by atoms with E-state index in [0.29, 0.717) is 5.56 Å². The summed E-state index contributed by atoms with van der Waals surface area (Å²) in [7, 11) is 0. The van der Waals surface area contributed by atoms with Crippen molar-refractivity contribution in [3.8, 4) is 5.75 Å². The van der Waals surface area contributed by atoms with Crippen molar-refractivity contribution < 1.29 is 9.90 Å². The van der Waals surface area contributed by atoms with Crippen molar-refractivity contribution in [2.24, 2.45) is 5.73 Å². The van der Waals surface area contributed by atoms with Crippen molar-refractivity contribution in [2.45, 2.75) is 32.6 Å². The third kappa shape index (κ3) is 1.71. The van der Waals surface area contributed by atoms with E-state index in [2.05, 4.69) is 0 Å². The number of carbonyl (C=O) groups excluding carboxylic acids is 1. The van der Waals surface area contributed by atoms with E-state index in [4.69, 9.17) is 5.73 Å². The first-order valence-electron chi connectivity index (χ1n) is 5.72. The zero-order valence-electron chi connectivity index (χ0n) is 9.55. The van der Waals surface area contributed by atoms with E-state index in [-0.39, 0.29) is 18.1 Å². The predicted octanol–water partition coefficient (Wildman–Crippen LogP) is 1.72. The van der Waals surface area contributed by atoms with E-state index < -0.39 is 0 Å². The van der Waals surface area contributed by atoms with Crippen molar-refractivity contribution in [3.63, 3.8) is 0 Å².